The summed E-state index contributed by atoms with van der Waals surface area (Å²) in [7, 11) is 0. The van der Waals surface area contributed by atoms with E-state index in [0.717, 1.165) is 35.8 Å². The van der Waals surface area contributed by atoms with E-state index in [1.807, 2.05) is 13.8 Å². The summed E-state index contributed by atoms with van der Waals surface area (Å²) >= 11 is 1.36. The molecule has 3 rings (SSSR count). The topological polar surface area (TPSA) is 53.4 Å². The van der Waals surface area contributed by atoms with Crippen LogP contribution in [-0.2, 0) is 0 Å². The van der Waals surface area contributed by atoms with Gasteiger partial charge in [-0.2, -0.15) is 0 Å². The second-order valence-corrected chi connectivity index (χ2v) is 7.44. The van der Waals surface area contributed by atoms with Crippen LogP contribution in [-0.4, -0.2) is 29.1 Å². The number of thiazole rings is 1. The fourth-order valence-corrected chi connectivity index (χ4v) is 3.53. The summed E-state index contributed by atoms with van der Waals surface area (Å²) in [6.07, 6.45) is 5.26. The standard InChI is InChI=1S/C15H22N2O2S/c1-9(2)12-13(14(18)19)20-15(16-12)17(7-10-3-4-10)8-11-5-6-11/h9-11H,3-8H2,1-2H3,(H,18,19). The molecule has 2 fully saturated rings. The van der Waals surface area contributed by atoms with Crippen molar-refractivity contribution in [1.29, 1.82) is 0 Å². The van der Waals surface area contributed by atoms with Gasteiger partial charge in [0.15, 0.2) is 5.13 Å². The molecule has 0 atom stereocenters. The minimum atomic E-state index is -0.838. The summed E-state index contributed by atoms with van der Waals surface area (Å²) in [5.74, 6) is 0.923. The summed E-state index contributed by atoms with van der Waals surface area (Å²) in [6.45, 7) is 6.13. The number of rotatable bonds is 7. The zero-order chi connectivity index (χ0) is 14.3. The van der Waals surface area contributed by atoms with E-state index in [4.69, 9.17) is 0 Å². The maximum absolute atomic E-state index is 11.4. The Kier molecular flexibility index (Phi) is 3.71. The van der Waals surface area contributed by atoms with Crippen molar-refractivity contribution in [2.45, 2.75) is 45.4 Å². The molecular formula is C15H22N2O2S. The van der Waals surface area contributed by atoms with Gasteiger partial charge in [0.2, 0.25) is 0 Å². The number of aromatic nitrogens is 1. The van der Waals surface area contributed by atoms with E-state index in [-0.39, 0.29) is 5.92 Å². The molecule has 4 nitrogen and oxygen atoms in total. The Morgan fingerprint density at radius 3 is 2.20 bits per heavy atom. The van der Waals surface area contributed by atoms with E-state index >= 15 is 0 Å². The molecule has 2 saturated carbocycles. The average Bonchev–Trinajstić information content (AvgIpc) is 3.29. The molecule has 0 bridgehead atoms. The third-order valence-electron chi connectivity index (χ3n) is 4.00. The summed E-state index contributed by atoms with van der Waals surface area (Å²) in [4.78, 5) is 18.8. The van der Waals surface area contributed by atoms with Crippen LogP contribution < -0.4 is 4.90 Å². The van der Waals surface area contributed by atoms with Crippen molar-refractivity contribution in [2.24, 2.45) is 11.8 Å². The summed E-state index contributed by atoms with van der Waals surface area (Å²) in [6, 6.07) is 0. The lowest BCUT2D eigenvalue weighted by atomic mass is 10.1. The van der Waals surface area contributed by atoms with Gasteiger partial charge in [-0.25, -0.2) is 9.78 Å². The van der Waals surface area contributed by atoms with Crippen LogP contribution in [0.4, 0.5) is 5.13 Å². The Hall–Kier alpha value is -1.10. The Labute approximate surface area is 123 Å². The van der Waals surface area contributed by atoms with E-state index < -0.39 is 5.97 Å². The first kappa shape index (κ1) is 13.9. The van der Waals surface area contributed by atoms with Crippen LogP contribution in [0, 0.1) is 11.8 Å². The molecule has 0 aromatic carbocycles. The van der Waals surface area contributed by atoms with Crippen molar-refractivity contribution in [1.82, 2.24) is 4.98 Å². The van der Waals surface area contributed by atoms with E-state index in [1.54, 1.807) is 0 Å². The minimum Gasteiger partial charge on any atom is -0.477 e. The Bertz CT molecular complexity index is 490. The first-order valence-corrected chi connectivity index (χ1v) is 8.35. The molecule has 2 aliphatic rings. The number of anilines is 1. The van der Waals surface area contributed by atoms with Gasteiger partial charge in [0, 0.05) is 13.1 Å². The van der Waals surface area contributed by atoms with E-state index in [2.05, 4.69) is 9.88 Å². The molecule has 0 radical (unpaired) electrons. The van der Waals surface area contributed by atoms with Crippen LogP contribution in [0.15, 0.2) is 0 Å². The van der Waals surface area contributed by atoms with E-state index in [0.29, 0.717) is 4.88 Å². The van der Waals surface area contributed by atoms with Crippen molar-refractivity contribution in [3.8, 4) is 0 Å². The maximum Gasteiger partial charge on any atom is 0.347 e. The van der Waals surface area contributed by atoms with Crippen LogP contribution in [0.1, 0.15) is 60.8 Å². The van der Waals surface area contributed by atoms with Gasteiger partial charge in [-0.3, -0.25) is 0 Å². The van der Waals surface area contributed by atoms with Gasteiger partial charge >= 0.3 is 5.97 Å². The van der Waals surface area contributed by atoms with Gasteiger partial charge in [0.05, 0.1) is 5.69 Å². The maximum atomic E-state index is 11.4. The number of nitrogens with zero attached hydrogens (tertiary/aromatic N) is 2. The average molecular weight is 294 g/mol. The lowest BCUT2D eigenvalue weighted by molar-refractivity contribution is 0.0700. The number of carboxylic acid groups (broad SMARTS) is 1. The van der Waals surface area contributed by atoms with Crippen LogP contribution in [0.3, 0.4) is 0 Å². The molecule has 1 heterocycles. The molecule has 1 N–H and O–H groups in total. The summed E-state index contributed by atoms with van der Waals surface area (Å²) in [5, 5.41) is 10.3. The van der Waals surface area contributed by atoms with Crippen LogP contribution in [0.5, 0.6) is 0 Å². The normalized spacial score (nSPS) is 18.6. The highest BCUT2D eigenvalue weighted by molar-refractivity contribution is 7.17. The van der Waals surface area contributed by atoms with Crippen molar-refractivity contribution in [3.05, 3.63) is 10.6 Å². The number of aromatic carboxylic acids is 1. The molecule has 0 spiro atoms. The van der Waals surface area contributed by atoms with Gasteiger partial charge in [-0.15, -0.1) is 0 Å². The van der Waals surface area contributed by atoms with Gasteiger partial charge in [0.1, 0.15) is 4.88 Å². The third kappa shape index (κ3) is 3.14. The molecule has 0 aliphatic heterocycles. The highest BCUT2D eigenvalue weighted by Crippen LogP contribution is 2.38. The largest absolute Gasteiger partial charge is 0.477 e. The number of carbonyl (C=O) groups is 1. The van der Waals surface area contributed by atoms with Crippen LogP contribution in [0.25, 0.3) is 0 Å². The zero-order valence-electron chi connectivity index (χ0n) is 12.1. The SMILES string of the molecule is CC(C)c1nc(N(CC2CC2)CC2CC2)sc1C(=O)O. The molecule has 20 heavy (non-hydrogen) atoms. The first-order valence-electron chi connectivity index (χ1n) is 7.53. The van der Waals surface area contributed by atoms with Crippen LogP contribution in [0.2, 0.25) is 0 Å². The fourth-order valence-electron chi connectivity index (χ4n) is 2.45. The lowest BCUT2D eigenvalue weighted by Gasteiger charge is -2.21. The molecule has 0 saturated heterocycles. The molecule has 110 valence electrons. The highest BCUT2D eigenvalue weighted by atomic mass is 32.1. The predicted molar refractivity (Wildman–Crippen MR) is 80.8 cm³/mol. The van der Waals surface area contributed by atoms with Crippen molar-refractivity contribution < 1.29 is 9.90 Å². The van der Waals surface area contributed by atoms with E-state index in [9.17, 15) is 9.90 Å². The van der Waals surface area contributed by atoms with E-state index in [1.165, 1.54) is 37.0 Å². The van der Waals surface area contributed by atoms with Gasteiger partial charge in [-0.05, 0) is 43.4 Å². The van der Waals surface area contributed by atoms with Gasteiger partial charge in [-0.1, -0.05) is 25.2 Å². The molecular weight excluding hydrogens is 272 g/mol. The highest BCUT2D eigenvalue weighted by Gasteiger charge is 2.31. The molecule has 1 aromatic rings. The second-order valence-electron chi connectivity index (χ2n) is 6.46. The lowest BCUT2D eigenvalue weighted by Crippen LogP contribution is -2.27. The molecule has 0 amide bonds. The Morgan fingerprint density at radius 2 is 1.85 bits per heavy atom. The predicted octanol–water partition coefficient (Wildman–Crippen LogP) is 3.59. The number of hydrogen-bond acceptors (Lipinski definition) is 4. The summed E-state index contributed by atoms with van der Waals surface area (Å²) < 4.78 is 0. The second kappa shape index (κ2) is 5.35. The smallest absolute Gasteiger partial charge is 0.347 e. The minimum absolute atomic E-state index is 0.162. The third-order valence-corrected chi connectivity index (χ3v) is 5.12. The molecule has 5 heteroatoms. The first-order chi connectivity index (χ1) is 9.54. The number of carboxylic acids is 1. The fraction of sp³-hybridized carbons (Fsp3) is 0.733. The molecule has 0 unspecified atom stereocenters. The van der Waals surface area contributed by atoms with Gasteiger partial charge in [0.25, 0.3) is 0 Å². The zero-order valence-corrected chi connectivity index (χ0v) is 12.9. The monoisotopic (exact) mass is 294 g/mol. The Balaban J connectivity index is 1.84. The molecule has 2 aliphatic carbocycles. The van der Waals surface area contributed by atoms with Crippen molar-refractivity contribution >= 4 is 22.4 Å². The summed E-state index contributed by atoms with van der Waals surface area (Å²) in [5.41, 5.74) is 0.745. The quantitative estimate of drug-likeness (QED) is 0.835. The number of hydrogen-bond donors (Lipinski definition) is 1. The van der Waals surface area contributed by atoms with Crippen molar-refractivity contribution in [3.63, 3.8) is 0 Å². The molecule has 1 aromatic heterocycles. The van der Waals surface area contributed by atoms with Gasteiger partial charge < -0.3 is 10.0 Å². The van der Waals surface area contributed by atoms with Crippen molar-refractivity contribution in [2.75, 3.05) is 18.0 Å². The Morgan fingerprint density at radius 1 is 1.30 bits per heavy atom. The van der Waals surface area contributed by atoms with Crippen LogP contribution >= 0.6 is 11.3 Å².